The van der Waals surface area contributed by atoms with Gasteiger partial charge in [0.15, 0.2) is 11.6 Å². The summed E-state index contributed by atoms with van der Waals surface area (Å²) in [7, 11) is 0. The van der Waals surface area contributed by atoms with Gasteiger partial charge in [-0.15, -0.1) is 0 Å². The number of ketones is 1. The lowest BCUT2D eigenvalue weighted by Gasteiger charge is -2.35. The van der Waals surface area contributed by atoms with Crippen LogP contribution in [0.2, 0.25) is 0 Å². The van der Waals surface area contributed by atoms with Crippen molar-refractivity contribution in [3.63, 3.8) is 0 Å². The number of aromatic amines is 2. The normalized spacial score (nSPS) is 17.0. The van der Waals surface area contributed by atoms with Crippen molar-refractivity contribution in [2.45, 2.75) is 19.1 Å². The fraction of sp³-hybridized carbons (Fsp3) is 0.250. The van der Waals surface area contributed by atoms with Gasteiger partial charge >= 0.3 is 6.18 Å². The molecule has 1 aliphatic rings. The van der Waals surface area contributed by atoms with E-state index >= 15 is 0 Å². The number of rotatable bonds is 4. The Labute approximate surface area is 187 Å². The summed E-state index contributed by atoms with van der Waals surface area (Å²) in [6, 6.07) is 12.5. The molecule has 33 heavy (non-hydrogen) atoms. The highest BCUT2D eigenvalue weighted by molar-refractivity contribution is 6.10. The minimum atomic E-state index is -4.61. The largest absolute Gasteiger partial charge is 0.417 e. The van der Waals surface area contributed by atoms with Gasteiger partial charge in [-0.25, -0.2) is 4.98 Å². The minimum Gasteiger partial charge on any atom is -0.377 e. The number of nitrogens with one attached hydrogen (secondary N) is 2. The minimum absolute atomic E-state index is 0.130. The molecule has 0 aliphatic carbocycles. The molecule has 3 heterocycles. The van der Waals surface area contributed by atoms with Gasteiger partial charge in [0, 0.05) is 35.6 Å². The second kappa shape index (κ2) is 8.08. The summed E-state index contributed by atoms with van der Waals surface area (Å²) < 4.78 is 45.5. The molecular formula is C24H21F3N4O2. The van der Waals surface area contributed by atoms with E-state index in [2.05, 4.69) is 26.8 Å². The summed E-state index contributed by atoms with van der Waals surface area (Å²) in [4.78, 5) is 25.9. The fourth-order valence-corrected chi connectivity index (χ4v) is 4.16. The third-order valence-electron chi connectivity index (χ3n) is 5.84. The van der Waals surface area contributed by atoms with Crippen LogP contribution < -0.4 is 4.90 Å². The highest BCUT2D eigenvalue weighted by Gasteiger charge is 2.35. The Morgan fingerprint density at radius 2 is 2.00 bits per heavy atom. The number of halogens is 3. The van der Waals surface area contributed by atoms with Crippen LogP contribution in [0.3, 0.4) is 0 Å². The summed E-state index contributed by atoms with van der Waals surface area (Å²) >= 11 is 0. The molecule has 5 rings (SSSR count). The Morgan fingerprint density at radius 3 is 2.79 bits per heavy atom. The molecule has 2 N–H and O–H groups in total. The first-order valence-corrected chi connectivity index (χ1v) is 10.5. The number of fused-ring (bicyclic) bond motifs is 1. The number of nitrogens with zero attached hydrogens (tertiary/aromatic N) is 2. The topological polar surface area (TPSA) is 74.0 Å². The molecule has 0 amide bonds. The summed E-state index contributed by atoms with van der Waals surface area (Å²) in [5.41, 5.74) is 1.94. The molecule has 1 aliphatic heterocycles. The quantitative estimate of drug-likeness (QED) is 0.424. The molecule has 0 saturated carbocycles. The highest BCUT2D eigenvalue weighted by Crippen LogP contribution is 2.33. The first-order chi connectivity index (χ1) is 15.8. The van der Waals surface area contributed by atoms with E-state index in [1.54, 1.807) is 0 Å². The summed E-state index contributed by atoms with van der Waals surface area (Å²) in [6.45, 7) is 4.25. The number of ether oxygens (including phenoxy) is 1. The molecule has 6 nitrogen and oxygen atoms in total. The van der Waals surface area contributed by atoms with E-state index in [0.29, 0.717) is 24.7 Å². The maximum Gasteiger partial charge on any atom is 0.417 e. The van der Waals surface area contributed by atoms with Gasteiger partial charge in [0.1, 0.15) is 0 Å². The average Bonchev–Trinajstić information content (AvgIpc) is 3.45. The molecule has 9 heteroatoms. The molecule has 2 aromatic carbocycles. The number of H-pyrrole nitrogens is 2. The van der Waals surface area contributed by atoms with Gasteiger partial charge in [0.05, 0.1) is 35.5 Å². The van der Waals surface area contributed by atoms with Gasteiger partial charge in [-0.05, 0) is 37.3 Å². The van der Waals surface area contributed by atoms with Crippen molar-refractivity contribution in [3.8, 4) is 11.5 Å². The number of aromatic nitrogens is 3. The number of carbonyl (C=O) groups excluding carboxylic acids is 1. The Morgan fingerprint density at radius 1 is 1.18 bits per heavy atom. The Balaban J connectivity index is 1.44. The van der Waals surface area contributed by atoms with Crippen molar-refractivity contribution < 1.29 is 22.7 Å². The van der Waals surface area contributed by atoms with Gasteiger partial charge < -0.3 is 19.6 Å². The molecule has 0 unspecified atom stereocenters. The van der Waals surface area contributed by atoms with Crippen molar-refractivity contribution in [2.75, 3.05) is 24.7 Å². The zero-order valence-corrected chi connectivity index (χ0v) is 17.7. The second-order valence-corrected chi connectivity index (χ2v) is 8.08. The molecular weight excluding hydrogens is 433 g/mol. The highest BCUT2D eigenvalue weighted by atomic mass is 19.4. The van der Waals surface area contributed by atoms with Crippen LogP contribution in [0.25, 0.3) is 22.6 Å². The van der Waals surface area contributed by atoms with Crippen molar-refractivity contribution in [1.82, 2.24) is 15.0 Å². The van der Waals surface area contributed by atoms with Crippen LogP contribution in [0.15, 0.2) is 54.7 Å². The van der Waals surface area contributed by atoms with Crippen LogP contribution in [0.4, 0.5) is 18.9 Å². The molecule has 1 saturated heterocycles. The second-order valence-electron chi connectivity index (χ2n) is 8.08. The number of carbonyl (C=O) groups is 1. The van der Waals surface area contributed by atoms with E-state index in [1.807, 2.05) is 18.2 Å². The number of alkyl halides is 3. The Bertz CT molecular complexity index is 1320. The maximum absolute atomic E-state index is 13.3. The zero-order valence-electron chi connectivity index (χ0n) is 17.7. The first-order valence-electron chi connectivity index (χ1n) is 10.5. The van der Waals surface area contributed by atoms with Gasteiger partial charge in [-0.1, -0.05) is 18.2 Å². The van der Waals surface area contributed by atoms with Crippen LogP contribution >= 0.6 is 0 Å². The van der Waals surface area contributed by atoms with Gasteiger partial charge in [0.25, 0.3) is 0 Å². The van der Waals surface area contributed by atoms with E-state index in [1.165, 1.54) is 30.5 Å². The number of anilines is 1. The monoisotopic (exact) mass is 454 g/mol. The SMILES string of the molecule is C[C@@H]1COCCN1c1ccc2nc(-c3cc(C(=O)c4ccccc4C(F)(F)F)c[nH]3)[nH]c2c1. The maximum atomic E-state index is 13.3. The average molecular weight is 454 g/mol. The van der Waals surface area contributed by atoms with Crippen molar-refractivity contribution in [2.24, 2.45) is 0 Å². The van der Waals surface area contributed by atoms with E-state index in [4.69, 9.17) is 4.74 Å². The van der Waals surface area contributed by atoms with Crippen molar-refractivity contribution in [1.29, 1.82) is 0 Å². The third-order valence-corrected chi connectivity index (χ3v) is 5.84. The van der Waals surface area contributed by atoms with Crippen LogP contribution in [-0.2, 0) is 10.9 Å². The zero-order chi connectivity index (χ0) is 23.2. The fourth-order valence-electron chi connectivity index (χ4n) is 4.16. The van der Waals surface area contributed by atoms with E-state index in [0.717, 1.165) is 29.3 Å². The predicted molar refractivity (Wildman–Crippen MR) is 118 cm³/mol. The standard InChI is InChI=1S/C24H21F3N4O2/c1-14-13-33-9-8-31(14)16-6-7-19-20(11-16)30-23(29-19)21-10-15(12-28-21)22(32)17-4-2-3-5-18(17)24(25,26)27/h2-7,10-12,14,28H,8-9,13H2,1H3,(H,29,30)/t14-/m1/s1. The Hall–Kier alpha value is -3.59. The van der Waals surface area contributed by atoms with Crippen LogP contribution in [0, 0.1) is 0 Å². The van der Waals surface area contributed by atoms with E-state index in [9.17, 15) is 18.0 Å². The van der Waals surface area contributed by atoms with Gasteiger partial charge in [-0.3, -0.25) is 4.79 Å². The van der Waals surface area contributed by atoms with Crippen molar-refractivity contribution in [3.05, 3.63) is 71.4 Å². The summed E-state index contributed by atoms with van der Waals surface area (Å²) in [6.07, 6.45) is -3.21. The molecule has 170 valence electrons. The first kappa shape index (κ1) is 21.3. The number of morpholine rings is 1. The molecule has 0 radical (unpaired) electrons. The van der Waals surface area contributed by atoms with Crippen LogP contribution in [0.1, 0.15) is 28.4 Å². The van der Waals surface area contributed by atoms with E-state index in [-0.39, 0.29) is 17.2 Å². The molecule has 4 aromatic rings. The summed E-state index contributed by atoms with van der Waals surface area (Å²) in [5.74, 6) is -0.203. The number of imidazole rings is 1. The predicted octanol–water partition coefficient (Wildman–Crippen LogP) is 5.03. The number of hydrogen-bond donors (Lipinski definition) is 2. The molecule has 0 bridgehead atoms. The third kappa shape index (κ3) is 4.00. The van der Waals surface area contributed by atoms with Crippen LogP contribution in [0.5, 0.6) is 0 Å². The van der Waals surface area contributed by atoms with Gasteiger partial charge in [-0.2, -0.15) is 13.2 Å². The smallest absolute Gasteiger partial charge is 0.377 e. The number of benzene rings is 2. The summed E-state index contributed by atoms with van der Waals surface area (Å²) in [5, 5.41) is 0. The Kier molecular flexibility index (Phi) is 5.20. The lowest BCUT2D eigenvalue weighted by molar-refractivity contribution is -0.137. The number of hydrogen-bond acceptors (Lipinski definition) is 4. The molecule has 0 spiro atoms. The molecule has 1 atom stereocenters. The lowest BCUT2D eigenvalue weighted by Crippen LogP contribution is -2.43. The van der Waals surface area contributed by atoms with Crippen molar-refractivity contribution >= 4 is 22.5 Å². The lowest BCUT2D eigenvalue weighted by atomic mass is 9.99. The molecule has 2 aromatic heterocycles. The van der Waals surface area contributed by atoms with Crippen LogP contribution in [-0.4, -0.2) is 46.5 Å². The van der Waals surface area contributed by atoms with E-state index < -0.39 is 17.5 Å². The molecule has 1 fully saturated rings. The van der Waals surface area contributed by atoms with Gasteiger partial charge in [0.2, 0.25) is 0 Å².